The Bertz CT molecular complexity index is 742. The first kappa shape index (κ1) is 17.8. The van der Waals surface area contributed by atoms with E-state index in [0.717, 1.165) is 29.8 Å². The number of amides is 3. The molecule has 1 atom stereocenters. The van der Waals surface area contributed by atoms with Gasteiger partial charge in [0.05, 0.1) is 0 Å². The number of nitrogens with one attached hydrogen (secondary N) is 4. The maximum atomic E-state index is 12.2. The number of carbonyl (C=O) groups is 2. The number of anilines is 2. The fourth-order valence-corrected chi connectivity index (χ4v) is 2.48. The Hall–Kier alpha value is -3.02. The molecule has 0 spiro atoms. The first-order valence-corrected chi connectivity index (χ1v) is 8.86. The highest BCUT2D eigenvalue weighted by atomic mass is 16.2. The van der Waals surface area contributed by atoms with Crippen LogP contribution in [0.5, 0.6) is 0 Å². The lowest BCUT2D eigenvalue weighted by atomic mass is 10.2. The normalized spacial score (nSPS) is 14.2. The number of benzene rings is 2. The summed E-state index contributed by atoms with van der Waals surface area (Å²) >= 11 is 0. The second-order valence-electron chi connectivity index (χ2n) is 6.52. The fraction of sp³-hybridized carbons (Fsp3) is 0.300. The zero-order valence-electron chi connectivity index (χ0n) is 14.8. The van der Waals surface area contributed by atoms with Crippen LogP contribution in [0.4, 0.5) is 16.2 Å². The molecule has 0 aromatic heterocycles. The molecule has 1 aliphatic carbocycles. The van der Waals surface area contributed by atoms with Crippen LogP contribution in [0.3, 0.4) is 0 Å². The molecular weight excluding hydrogens is 328 g/mol. The van der Waals surface area contributed by atoms with Crippen molar-refractivity contribution in [2.24, 2.45) is 0 Å². The van der Waals surface area contributed by atoms with Crippen LogP contribution >= 0.6 is 0 Å². The molecule has 0 aliphatic heterocycles. The molecule has 4 N–H and O–H groups in total. The quantitative estimate of drug-likeness (QED) is 0.618. The first-order valence-electron chi connectivity index (χ1n) is 8.86. The third-order valence-corrected chi connectivity index (χ3v) is 4.14. The van der Waals surface area contributed by atoms with Gasteiger partial charge in [0.2, 0.25) is 5.91 Å². The van der Waals surface area contributed by atoms with Crippen LogP contribution < -0.4 is 21.3 Å². The third kappa shape index (κ3) is 5.51. The van der Waals surface area contributed by atoms with Gasteiger partial charge >= 0.3 is 6.03 Å². The summed E-state index contributed by atoms with van der Waals surface area (Å²) in [6.07, 6.45) is 2.11. The minimum Gasteiger partial charge on any atom is -0.374 e. The highest BCUT2D eigenvalue weighted by molar-refractivity contribution is 5.90. The van der Waals surface area contributed by atoms with E-state index in [9.17, 15) is 9.59 Å². The summed E-state index contributed by atoms with van der Waals surface area (Å²) in [4.78, 5) is 23.9. The number of hydrogen-bond donors (Lipinski definition) is 4. The van der Waals surface area contributed by atoms with Crippen molar-refractivity contribution in [2.45, 2.75) is 38.4 Å². The summed E-state index contributed by atoms with van der Waals surface area (Å²) in [5, 5.41) is 11.7. The standard InChI is InChI=1S/C20H24N4O2/c1-14(19(25)21-13-15-5-3-2-4-6-15)22-16-7-9-17(10-8-16)23-20(26)24-18-11-12-18/h2-10,14,18,22H,11-13H2,1H3,(H,21,25)(H2,23,24,26). The van der Waals surface area contributed by atoms with Crippen LogP contribution in [0.15, 0.2) is 54.6 Å². The molecule has 136 valence electrons. The van der Waals surface area contributed by atoms with Gasteiger partial charge in [-0.15, -0.1) is 0 Å². The van der Waals surface area contributed by atoms with Crippen LogP contribution in [0.1, 0.15) is 25.3 Å². The minimum atomic E-state index is -0.365. The van der Waals surface area contributed by atoms with Gasteiger partial charge in [0, 0.05) is 24.0 Å². The van der Waals surface area contributed by atoms with E-state index in [4.69, 9.17) is 0 Å². The van der Waals surface area contributed by atoms with E-state index in [1.807, 2.05) is 61.5 Å². The lowest BCUT2D eigenvalue weighted by Gasteiger charge is -2.16. The second kappa shape index (κ2) is 8.38. The largest absolute Gasteiger partial charge is 0.374 e. The number of carbonyl (C=O) groups excluding carboxylic acids is 2. The van der Waals surface area contributed by atoms with Gasteiger partial charge in [0.25, 0.3) is 0 Å². The van der Waals surface area contributed by atoms with Gasteiger partial charge in [-0.2, -0.15) is 0 Å². The monoisotopic (exact) mass is 352 g/mol. The van der Waals surface area contributed by atoms with Crippen molar-refractivity contribution in [1.82, 2.24) is 10.6 Å². The van der Waals surface area contributed by atoms with E-state index in [0.29, 0.717) is 12.6 Å². The number of hydrogen-bond acceptors (Lipinski definition) is 3. The maximum absolute atomic E-state index is 12.2. The molecule has 0 bridgehead atoms. The highest BCUT2D eigenvalue weighted by Gasteiger charge is 2.23. The van der Waals surface area contributed by atoms with E-state index in [1.54, 1.807) is 0 Å². The Morgan fingerprint density at radius 3 is 2.31 bits per heavy atom. The number of rotatable bonds is 7. The molecule has 6 nitrogen and oxygen atoms in total. The van der Waals surface area contributed by atoms with Gasteiger partial charge in [-0.25, -0.2) is 4.79 Å². The van der Waals surface area contributed by atoms with E-state index < -0.39 is 0 Å². The van der Waals surface area contributed by atoms with Crippen LogP contribution in [-0.4, -0.2) is 24.0 Å². The first-order chi connectivity index (χ1) is 12.6. The van der Waals surface area contributed by atoms with Gasteiger partial charge in [0.1, 0.15) is 6.04 Å². The lowest BCUT2D eigenvalue weighted by Crippen LogP contribution is -2.37. The summed E-state index contributed by atoms with van der Waals surface area (Å²) in [6, 6.07) is 16.9. The minimum absolute atomic E-state index is 0.0696. The molecule has 0 radical (unpaired) electrons. The number of urea groups is 1. The summed E-state index contributed by atoms with van der Waals surface area (Å²) in [6.45, 7) is 2.32. The molecule has 1 saturated carbocycles. The summed E-state index contributed by atoms with van der Waals surface area (Å²) in [5.74, 6) is -0.0696. The van der Waals surface area contributed by atoms with Crippen LogP contribution in [0.25, 0.3) is 0 Å². The van der Waals surface area contributed by atoms with Crippen LogP contribution in [0.2, 0.25) is 0 Å². The van der Waals surface area contributed by atoms with Gasteiger partial charge in [-0.05, 0) is 49.6 Å². The third-order valence-electron chi connectivity index (χ3n) is 4.14. The van der Waals surface area contributed by atoms with Crippen molar-refractivity contribution in [1.29, 1.82) is 0 Å². The molecule has 0 heterocycles. The smallest absolute Gasteiger partial charge is 0.319 e. The van der Waals surface area contributed by atoms with E-state index in [2.05, 4.69) is 21.3 Å². The Labute approximate surface area is 153 Å². The van der Waals surface area contributed by atoms with Crippen molar-refractivity contribution in [2.75, 3.05) is 10.6 Å². The molecule has 6 heteroatoms. The van der Waals surface area contributed by atoms with E-state index in [1.165, 1.54) is 0 Å². The molecule has 3 amide bonds. The van der Waals surface area contributed by atoms with Crippen molar-refractivity contribution in [3.8, 4) is 0 Å². The molecule has 26 heavy (non-hydrogen) atoms. The summed E-state index contributed by atoms with van der Waals surface area (Å²) in [5.41, 5.74) is 2.60. The molecular formula is C20H24N4O2. The Morgan fingerprint density at radius 2 is 1.65 bits per heavy atom. The van der Waals surface area contributed by atoms with Crippen molar-refractivity contribution >= 4 is 23.3 Å². The zero-order chi connectivity index (χ0) is 18.4. The van der Waals surface area contributed by atoms with Gasteiger partial charge < -0.3 is 21.3 Å². The molecule has 1 fully saturated rings. The molecule has 1 aliphatic rings. The van der Waals surface area contributed by atoms with Crippen molar-refractivity contribution in [3.05, 3.63) is 60.2 Å². The topological polar surface area (TPSA) is 82.3 Å². The van der Waals surface area contributed by atoms with Crippen molar-refractivity contribution in [3.63, 3.8) is 0 Å². The molecule has 1 unspecified atom stereocenters. The van der Waals surface area contributed by atoms with E-state index in [-0.39, 0.29) is 18.0 Å². The maximum Gasteiger partial charge on any atom is 0.319 e. The second-order valence-corrected chi connectivity index (χ2v) is 6.52. The average molecular weight is 352 g/mol. The molecule has 2 aromatic carbocycles. The van der Waals surface area contributed by atoms with E-state index >= 15 is 0 Å². The fourth-order valence-electron chi connectivity index (χ4n) is 2.48. The molecule has 3 rings (SSSR count). The highest BCUT2D eigenvalue weighted by Crippen LogP contribution is 2.19. The Morgan fingerprint density at radius 1 is 1.00 bits per heavy atom. The summed E-state index contributed by atoms with van der Waals surface area (Å²) in [7, 11) is 0. The molecule has 2 aromatic rings. The molecule has 0 saturated heterocycles. The van der Waals surface area contributed by atoms with Gasteiger partial charge in [0.15, 0.2) is 0 Å². The van der Waals surface area contributed by atoms with Gasteiger partial charge in [-0.1, -0.05) is 30.3 Å². The summed E-state index contributed by atoms with van der Waals surface area (Å²) < 4.78 is 0. The van der Waals surface area contributed by atoms with Crippen LogP contribution in [0, 0.1) is 0 Å². The predicted octanol–water partition coefficient (Wildman–Crippen LogP) is 3.09. The Balaban J connectivity index is 1.44. The van der Waals surface area contributed by atoms with Gasteiger partial charge in [-0.3, -0.25) is 4.79 Å². The predicted molar refractivity (Wildman–Crippen MR) is 103 cm³/mol. The van der Waals surface area contributed by atoms with Crippen molar-refractivity contribution < 1.29 is 9.59 Å². The SMILES string of the molecule is CC(Nc1ccc(NC(=O)NC2CC2)cc1)C(=O)NCc1ccccc1. The Kier molecular flexibility index (Phi) is 5.73. The van der Waals surface area contributed by atoms with Crippen LogP contribution in [-0.2, 0) is 11.3 Å². The average Bonchev–Trinajstić information content (AvgIpc) is 3.46. The zero-order valence-corrected chi connectivity index (χ0v) is 14.8. The lowest BCUT2D eigenvalue weighted by molar-refractivity contribution is -0.121.